The third-order valence-electron chi connectivity index (χ3n) is 3.27. The van der Waals surface area contributed by atoms with E-state index in [9.17, 15) is 0 Å². The van der Waals surface area contributed by atoms with Gasteiger partial charge < -0.3 is 15.8 Å². The Morgan fingerprint density at radius 2 is 2.05 bits per heavy atom. The Kier molecular flexibility index (Phi) is 4.55. The predicted octanol–water partition coefficient (Wildman–Crippen LogP) is 4.12. The van der Waals surface area contributed by atoms with Crippen LogP contribution >= 0.6 is 11.3 Å². The maximum atomic E-state index is 6.13. The highest BCUT2D eigenvalue weighted by atomic mass is 32.1. The summed E-state index contributed by atoms with van der Waals surface area (Å²) in [5.74, 6) is 0.742. The quantitative estimate of drug-likeness (QED) is 0.787. The van der Waals surface area contributed by atoms with Gasteiger partial charge in [0.1, 0.15) is 5.75 Å². The van der Waals surface area contributed by atoms with Gasteiger partial charge in [-0.25, -0.2) is 0 Å². The molecule has 1 aromatic heterocycles. The van der Waals surface area contributed by atoms with Crippen molar-refractivity contribution in [2.75, 3.05) is 24.2 Å². The van der Waals surface area contributed by atoms with Crippen LogP contribution in [0.2, 0.25) is 0 Å². The van der Waals surface area contributed by atoms with E-state index >= 15 is 0 Å². The number of nitrogens with two attached hydrogens (primary N) is 1. The van der Waals surface area contributed by atoms with Crippen molar-refractivity contribution in [2.24, 2.45) is 0 Å². The smallest absolute Gasteiger partial charge is 0.144 e. The third kappa shape index (κ3) is 3.25. The maximum Gasteiger partial charge on any atom is 0.144 e. The zero-order valence-electron chi connectivity index (χ0n) is 12.3. The molecule has 20 heavy (non-hydrogen) atoms. The molecule has 2 rings (SSSR count). The summed E-state index contributed by atoms with van der Waals surface area (Å²) in [6.07, 6.45) is 0. The SMILES string of the molecule is CCOc1cccc(NCC(C)(C)c2cccs2)c1N. The van der Waals surface area contributed by atoms with Crippen LogP contribution < -0.4 is 15.8 Å². The lowest BCUT2D eigenvalue weighted by atomic mass is 9.91. The van der Waals surface area contributed by atoms with Crippen LogP contribution in [-0.2, 0) is 5.41 Å². The van der Waals surface area contributed by atoms with Gasteiger partial charge >= 0.3 is 0 Å². The number of hydrogen-bond donors (Lipinski definition) is 2. The predicted molar refractivity (Wildman–Crippen MR) is 87.9 cm³/mol. The standard InChI is InChI=1S/C16H22N2OS/c1-4-19-13-8-5-7-12(15(13)17)18-11-16(2,3)14-9-6-10-20-14/h5-10,18H,4,11,17H2,1-3H3. The van der Waals surface area contributed by atoms with Crippen LogP contribution in [-0.4, -0.2) is 13.2 Å². The Bertz CT molecular complexity index is 550. The van der Waals surface area contributed by atoms with Crippen LogP contribution in [0.5, 0.6) is 5.75 Å². The van der Waals surface area contributed by atoms with Crippen molar-refractivity contribution in [1.29, 1.82) is 0 Å². The molecule has 1 aromatic carbocycles. The van der Waals surface area contributed by atoms with E-state index < -0.39 is 0 Å². The Balaban J connectivity index is 2.09. The summed E-state index contributed by atoms with van der Waals surface area (Å²) in [6.45, 7) is 7.86. The summed E-state index contributed by atoms with van der Waals surface area (Å²) in [7, 11) is 0. The number of benzene rings is 1. The first kappa shape index (κ1) is 14.7. The summed E-state index contributed by atoms with van der Waals surface area (Å²) in [5.41, 5.74) is 7.81. The van der Waals surface area contributed by atoms with Gasteiger partial charge in [-0.2, -0.15) is 0 Å². The molecule has 0 aliphatic carbocycles. The van der Waals surface area contributed by atoms with E-state index in [1.54, 1.807) is 11.3 Å². The van der Waals surface area contributed by atoms with Gasteiger partial charge in [-0.1, -0.05) is 26.0 Å². The Morgan fingerprint density at radius 1 is 1.25 bits per heavy atom. The normalized spacial score (nSPS) is 11.3. The summed E-state index contributed by atoms with van der Waals surface area (Å²) in [5, 5.41) is 5.55. The van der Waals surface area contributed by atoms with Crippen molar-refractivity contribution >= 4 is 22.7 Å². The van der Waals surface area contributed by atoms with Crippen molar-refractivity contribution in [1.82, 2.24) is 0 Å². The number of rotatable bonds is 6. The summed E-state index contributed by atoms with van der Waals surface area (Å²) < 4.78 is 5.52. The number of ether oxygens (including phenoxy) is 1. The van der Waals surface area contributed by atoms with Gasteiger partial charge in [-0.05, 0) is 30.5 Å². The molecular formula is C16H22N2OS. The number of thiophene rings is 1. The molecule has 0 atom stereocenters. The molecule has 0 bridgehead atoms. The maximum absolute atomic E-state index is 6.13. The molecule has 0 radical (unpaired) electrons. The zero-order chi connectivity index (χ0) is 14.6. The van der Waals surface area contributed by atoms with E-state index in [4.69, 9.17) is 10.5 Å². The van der Waals surface area contributed by atoms with Crippen molar-refractivity contribution < 1.29 is 4.74 Å². The molecule has 1 heterocycles. The van der Waals surface area contributed by atoms with E-state index in [2.05, 4.69) is 36.7 Å². The van der Waals surface area contributed by atoms with Gasteiger partial charge in [-0.3, -0.25) is 0 Å². The molecular weight excluding hydrogens is 268 g/mol. The summed E-state index contributed by atoms with van der Waals surface area (Å²) in [6, 6.07) is 10.1. The van der Waals surface area contributed by atoms with Gasteiger partial charge in [0.25, 0.3) is 0 Å². The molecule has 0 aliphatic rings. The van der Waals surface area contributed by atoms with E-state index in [-0.39, 0.29) is 5.41 Å². The number of hydrogen-bond acceptors (Lipinski definition) is 4. The fourth-order valence-electron chi connectivity index (χ4n) is 2.05. The van der Waals surface area contributed by atoms with Gasteiger partial charge in [-0.15, -0.1) is 11.3 Å². The first-order chi connectivity index (χ1) is 9.54. The van der Waals surface area contributed by atoms with Crippen molar-refractivity contribution in [3.8, 4) is 5.75 Å². The van der Waals surface area contributed by atoms with E-state index in [1.807, 2.05) is 25.1 Å². The summed E-state index contributed by atoms with van der Waals surface area (Å²) in [4.78, 5) is 1.37. The fraction of sp³-hybridized carbons (Fsp3) is 0.375. The minimum atomic E-state index is 0.0717. The molecule has 3 nitrogen and oxygen atoms in total. The Hall–Kier alpha value is -1.68. The molecule has 3 N–H and O–H groups in total. The number of nitrogens with one attached hydrogen (secondary N) is 1. The minimum Gasteiger partial charge on any atom is -0.492 e. The van der Waals surface area contributed by atoms with Crippen LogP contribution in [0.15, 0.2) is 35.7 Å². The van der Waals surface area contributed by atoms with Crippen LogP contribution in [0.25, 0.3) is 0 Å². The zero-order valence-corrected chi connectivity index (χ0v) is 13.1. The van der Waals surface area contributed by atoms with Crippen LogP contribution in [0.1, 0.15) is 25.6 Å². The lowest BCUT2D eigenvalue weighted by Crippen LogP contribution is -2.26. The molecule has 0 saturated heterocycles. The molecule has 4 heteroatoms. The largest absolute Gasteiger partial charge is 0.492 e. The van der Waals surface area contributed by atoms with Crippen molar-refractivity contribution in [3.05, 3.63) is 40.6 Å². The molecule has 0 saturated carbocycles. The average molecular weight is 290 g/mol. The highest BCUT2D eigenvalue weighted by Gasteiger charge is 2.21. The Labute approximate surface area is 124 Å². The van der Waals surface area contributed by atoms with Crippen LogP contribution in [0, 0.1) is 0 Å². The van der Waals surface area contributed by atoms with Gasteiger partial charge in [0.2, 0.25) is 0 Å². The van der Waals surface area contributed by atoms with Gasteiger partial charge in [0, 0.05) is 16.8 Å². The second-order valence-electron chi connectivity index (χ2n) is 5.37. The molecule has 0 spiro atoms. The first-order valence-electron chi connectivity index (χ1n) is 6.83. The first-order valence-corrected chi connectivity index (χ1v) is 7.71. The molecule has 2 aromatic rings. The van der Waals surface area contributed by atoms with Crippen LogP contribution in [0.4, 0.5) is 11.4 Å². The van der Waals surface area contributed by atoms with Crippen molar-refractivity contribution in [2.45, 2.75) is 26.2 Å². The molecule has 0 amide bonds. The molecule has 108 valence electrons. The molecule has 0 unspecified atom stereocenters. The summed E-state index contributed by atoms with van der Waals surface area (Å²) >= 11 is 1.78. The molecule has 0 fully saturated rings. The van der Waals surface area contributed by atoms with Crippen LogP contribution in [0.3, 0.4) is 0 Å². The average Bonchev–Trinajstić information content (AvgIpc) is 2.95. The third-order valence-corrected chi connectivity index (χ3v) is 4.51. The van der Waals surface area contributed by atoms with Gasteiger partial charge in [0.05, 0.1) is 18.0 Å². The molecule has 0 aliphatic heterocycles. The minimum absolute atomic E-state index is 0.0717. The second kappa shape index (κ2) is 6.18. The van der Waals surface area contributed by atoms with E-state index in [0.29, 0.717) is 12.3 Å². The number of para-hydroxylation sites is 1. The number of nitrogen functional groups attached to an aromatic ring is 1. The topological polar surface area (TPSA) is 47.3 Å². The second-order valence-corrected chi connectivity index (χ2v) is 6.31. The highest BCUT2D eigenvalue weighted by molar-refractivity contribution is 7.10. The van der Waals surface area contributed by atoms with E-state index in [1.165, 1.54) is 4.88 Å². The highest BCUT2D eigenvalue weighted by Crippen LogP contribution is 2.32. The van der Waals surface area contributed by atoms with Gasteiger partial charge in [0.15, 0.2) is 0 Å². The number of anilines is 2. The fourth-order valence-corrected chi connectivity index (χ4v) is 2.90. The van der Waals surface area contributed by atoms with Crippen molar-refractivity contribution in [3.63, 3.8) is 0 Å². The lowest BCUT2D eigenvalue weighted by Gasteiger charge is -2.25. The lowest BCUT2D eigenvalue weighted by molar-refractivity contribution is 0.342. The van der Waals surface area contributed by atoms with E-state index in [0.717, 1.165) is 18.0 Å². The Morgan fingerprint density at radius 3 is 2.70 bits per heavy atom. The monoisotopic (exact) mass is 290 g/mol.